The van der Waals surface area contributed by atoms with Gasteiger partial charge in [-0.25, -0.2) is 9.50 Å². The summed E-state index contributed by atoms with van der Waals surface area (Å²) < 4.78 is 39.5. The van der Waals surface area contributed by atoms with Crippen LogP contribution in [0.4, 0.5) is 13.2 Å². The number of nitrogens with zero attached hydrogens (tertiary/aromatic N) is 3. The van der Waals surface area contributed by atoms with Crippen LogP contribution in [-0.4, -0.2) is 14.6 Å². The third kappa shape index (κ3) is 2.16. The summed E-state index contributed by atoms with van der Waals surface area (Å²) in [6.45, 7) is 0. The molecule has 6 heteroatoms. The lowest BCUT2D eigenvalue weighted by atomic mass is 10.1. The van der Waals surface area contributed by atoms with Crippen molar-refractivity contribution in [3.8, 4) is 11.3 Å². The molecule has 0 amide bonds. The molecule has 0 radical (unpaired) electrons. The third-order valence-electron chi connectivity index (χ3n) is 2.74. The van der Waals surface area contributed by atoms with Gasteiger partial charge in [0.1, 0.15) is 0 Å². The molecule has 0 fully saturated rings. The summed E-state index contributed by atoms with van der Waals surface area (Å²) in [6.07, 6.45) is -1.13. The van der Waals surface area contributed by atoms with E-state index < -0.39 is 11.7 Å². The maximum Gasteiger partial charge on any atom is 0.416 e. The van der Waals surface area contributed by atoms with Crippen molar-refractivity contribution in [1.29, 1.82) is 0 Å². The van der Waals surface area contributed by atoms with Gasteiger partial charge in [-0.3, -0.25) is 0 Å². The smallest absolute Gasteiger partial charge is 0.236 e. The Hall–Kier alpha value is -2.37. The molecule has 1 aromatic carbocycles. The Balaban J connectivity index is 2.10. The second kappa shape index (κ2) is 4.08. The minimum absolute atomic E-state index is 0.422. The number of alkyl halides is 3. The Bertz CT molecular complexity index is 731. The lowest BCUT2D eigenvalue weighted by molar-refractivity contribution is -0.137. The van der Waals surface area contributed by atoms with Gasteiger partial charge in [-0.2, -0.15) is 18.3 Å². The molecule has 0 spiro atoms. The van der Waals surface area contributed by atoms with E-state index in [0.717, 1.165) is 12.1 Å². The summed E-state index contributed by atoms with van der Waals surface area (Å²) >= 11 is 0. The Labute approximate surface area is 106 Å². The standard InChI is InChI=1S/C13H8F3N3/c14-13(15,16)10-3-1-2-9(8-10)11-4-5-12-17-6-7-19(12)18-11/h1-8H. The summed E-state index contributed by atoms with van der Waals surface area (Å²) in [5.41, 5.74) is 0.857. The van der Waals surface area contributed by atoms with E-state index in [4.69, 9.17) is 0 Å². The topological polar surface area (TPSA) is 30.2 Å². The first-order chi connectivity index (χ1) is 9.04. The SMILES string of the molecule is FC(F)(F)c1cccc(-c2ccc3nccn3n2)c1. The van der Waals surface area contributed by atoms with Gasteiger partial charge in [0.2, 0.25) is 0 Å². The Morgan fingerprint density at radius 1 is 1.05 bits per heavy atom. The predicted octanol–water partition coefficient (Wildman–Crippen LogP) is 3.42. The van der Waals surface area contributed by atoms with Gasteiger partial charge in [0, 0.05) is 18.0 Å². The number of halogens is 3. The first-order valence-corrected chi connectivity index (χ1v) is 5.52. The maximum atomic E-state index is 12.7. The van der Waals surface area contributed by atoms with Crippen LogP contribution < -0.4 is 0 Å². The Morgan fingerprint density at radius 3 is 2.68 bits per heavy atom. The highest BCUT2D eigenvalue weighted by Crippen LogP contribution is 2.31. The van der Waals surface area contributed by atoms with Crippen molar-refractivity contribution in [2.45, 2.75) is 6.18 Å². The number of imidazole rings is 1. The minimum Gasteiger partial charge on any atom is -0.236 e. The maximum absolute atomic E-state index is 12.7. The summed E-state index contributed by atoms with van der Waals surface area (Å²) in [5.74, 6) is 0. The molecule has 0 aliphatic carbocycles. The van der Waals surface area contributed by atoms with E-state index in [1.54, 1.807) is 30.6 Å². The highest BCUT2D eigenvalue weighted by atomic mass is 19.4. The molecule has 2 aromatic heterocycles. The molecule has 96 valence electrons. The molecule has 0 saturated heterocycles. The summed E-state index contributed by atoms with van der Waals surface area (Å²) in [6, 6.07) is 8.46. The highest BCUT2D eigenvalue weighted by Gasteiger charge is 2.30. The molecule has 0 aliphatic heterocycles. The van der Waals surface area contributed by atoms with E-state index in [2.05, 4.69) is 10.1 Å². The fourth-order valence-corrected chi connectivity index (χ4v) is 1.82. The van der Waals surface area contributed by atoms with E-state index in [9.17, 15) is 13.2 Å². The molecule has 0 bridgehead atoms. The van der Waals surface area contributed by atoms with Crippen LogP contribution in [0.1, 0.15) is 5.56 Å². The van der Waals surface area contributed by atoms with Crippen LogP contribution in [0.15, 0.2) is 48.8 Å². The van der Waals surface area contributed by atoms with Crippen molar-refractivity contribution < 1.29 is 13.2 Å². The number of hydrogen-bond donors (Lipinski definition) is 0. The molecule has 19 heavy (non-hydrogen) atoms. The van der Waals surface area contributed by atoms with Gasteiger partial charge in [-0.15, -0.1) is 0 Å². The number of hydrogen-bond acceptors (Lipinski definition) is 2. The Morgan fingerprint density at radius 2 is 1.89 bits per heavy atom. The van der Waals surface area contributed by atoms with E-state index in [1.807, 2.05) is 0 Å². The number of aromatic nitrogens is 3. The average molecular weight is 263 g/mol. The van der Waals surface area contributed by atoms with Crippen LogP contribution in [0.3, 0.4) is 0 Å². The van der Waals surface area contributed by atoms with Crippen molar-refractivity contribution in [3.05, 3.63) is 54.4 Å². The number of rotatable bonds is 1. The van der Waals surface area contributed by atoms with Crippen LogP contribution in [0.5, 0.6) is 0 Å². The largest absolute Gasteiger partial charge is 0.416 e. The fourth-order valence-electron chi connectivity index (χ4n) is 1.82. The molecule has 3 rings (SSSR count). The van der Waals surface area contributed by atoms with E-state index >= 15 is 0 Å². The molecular formula is C13H8F3N3. The van der Waals surface area contributed by atoms with Crippen molar-refractivity contribution in [3.63, 3.8) is 0 Å². The van der Waals surface area contributed by atoms with Crippen LogP contribution in [0.2, 0.25) is 0 Å². The van der Waals surface area contributed by atoms with Crippen LogP contribution in [0.25, 0.3) is 16.9 Å². The molecule has 3 nitrogen and oxygen atoms in total. The van der Waals surface area contributed by atoms with Crippen LogP contribution in [0, 0.1) is 0 Å². The summed E-state index contributed by atoms with van der Waals surface area (Å²) in [4.78, 5) is 4.03. The van der Waals surface area contributed by atoms with Gasteiger partial charge >= 0.3 is 6.18 Å². The molecule has 0 aliphatic rings. The first-order valence-electron chi connectivity index (χ1n) is 5.52. The number of fused-ring (bicyclic) bond motifs is 1. The minimum atomic E-state index is -4.35. The zero-order chi connectivity index (χ0) is 13.5. The van der Waals surface area contributed by atoms with Crippen molar-refractivity contribution in [2.75, 3.05) is 0 Å². The zero-order valence-corrected chi connectivity index (χ0v) is 9.59. The van der Waals surface area contributed by atoms with Crippen molar-refractivity contribution in [1.82, 2.24) is 14.6 Å². The second-order valence-electron chi connectivity index (χ2n) is 4.03. The van der Waals surface area contributed by atoms with Gasteiger partial charge in [-0.1, -0.05) is 12.1 Å². The van der Waals surface area contributed by atoms with E-state index in [1.165, 1.54) is 10.6 Å². The highest BCUT2D eigenvalue weighted by molar-refractivity contribution is 5.61. The van der Waals surface area contributed by atoms with Gasteiger partial charge < -0.3 is 0 Å². The van der Waals surface area contributed by atoms with Crippen LogP contribution >= 0.6 is 0 Å². The normalized spacial score (nSPS) is 11.9. The van der Waals surface area contributed by atoms with Gasteiger partial charge in [-0.05, 0) is 24.3 Å². The van der Waals surface area contributed by atoms with Gasteiger partial charge in [0.05, 0.1) is 11.3 Å². The lowest BCUT2D eigenvalue weighted by Crippen LogP contribution is -2.04. The lowest BCUT2D eigenvalue weighted by Gasteiger charge is -2.08. The molecule has 0 atom stereocenters. The average Bonchev–Trinajstić information content (AvgIpc) is 2.85. The predicted molar refractivity (Wildman–Crippen MR) is 63.4 cm³/mol. The van der Waals surface area contributed by atoms with Gasteiger partial charge in [0.25, 0.3) is 0 Å². The monoisotopic (exact) mass is 263 g/mol. The van der Waals surface area contributed by atoms with Crippen LogP contribution in [-0.2, 0) is 6.18 Å². The molecule has 3 aromatic rings. The van der Waals surface area contributed by atoms with Crippen molar-refractivity contribution >= 4 is 5.65 Å². The molecular weight excluding hydrogens is 255 g/mol. The quantitative estimate of drug-likeness (QED) is 0.673. The van der Waals surface area contributed by atoms with E-state index in [-0.39, 0.29) is 0 Å². The summed E-state index contributed by atoms with van der Waals surface area (Å²) in [7, 11) is 0. The third-order valence-corrected chi connectivity index (χ3v) is 2.74. The zero-order valence-electron chi connectivity index (χ0n) is 9.59. The first kappa shape index (κ1) is 11.7. The molecule has 0 unspecified atom stereocenters. The molecule has 0 N–H and O–H groups in total. The molecule has 0 saturated carbocycles. The summed E-state index contributed by atoms with van der Waals surface area (Å²) in [5, 5.41) is 4.22. The Kier molecular flexibility index (Phi) is 2.51. The molecule has 2 heterocycles. The second-order valence-corrected chi connectivity index (χ2v) is 4.03. The fraction of sp³-hybridized carbons (Fsp3) is 0.0769. The van der Waals surface area contributed by atoms with Crippen molar-refractivity contribution in [2.24, 2.45) is 0 Å². The van der Waals surface area contributed by atoms with E-state index in [0.29, 0.717) is 16.9 Å². The van der Waals surface area contributed by atoms with Gasteiger partial charge in [0.15, 0.2) is 5.65 Å². The number of benzene rings is 1.